The van der Waals surface area contributed by atoms with Crippen molar-refractivity contribution in [3.63, 3.8) is 0 Å². The third-order valence-corrected chi connectivity index (χ3v) is 4.65. The molecule has 7 heteroatoms. The summed E-state index contributed by atoms with van der Waals surface area (Å²) in [6.07, 6.45) is 4.22. The van der Waals surface area contributed by atoms with Crippen molar-refractivity contribution in [3.8, 4) is 0 Å². The monoisotopic (exact) mass is 468 g/mol. The van der Waals surface area contributed by atoms with Gasteiger partial charge >= 0.3 is 0 Å². The quantitative estimate of drug-likeness (QED) is 0.402. The molecule has 1 aliphatic heterocycles. The molecule has 2 heterocycles. The summed E-state index contributed by atoms with van der Waals surface area (Å²) in [5, 5.41) is 11.4. The van der Waals surface area contributed by atoms with Gasteiger partial charge in [-0.25, -0.2) is 9.67 Å². The standard InChI is InChI=1S/C19H28N6.HI/c1-4-15-7-9-16(10-8-15)11-12-21-19(20-3)23-17-6-5-13-25-18(17)22-14(2)24-25;/h7-10,17H,4-6,11-13H2,1-3H3,(H2,20,21,23);1H. The number of rotatable bonds is 5. The van der Waals surface area contributed by atoms with Crippen molar-refractivity contribution in [2.24, 2.45) is 4.99 Å². The second-order valence-electron chi connectivity index (χ2n) is 6.50. The third kappa shape index (κ3) is 5.18. The molecule has 2 aromatic rings. The van der Waals surface area contributed by atoms with Crippen LogP contribution in [0.15, 0.2) is 29.3 Å². The van der Waals surface area contributed by atoms with Gasteiger partial charge in [-0.05, 0) is 43.7 Å². The zero-order valence-corrected chi connectivity index (χ0v) is 18.2. The first-order valence-corrected chi connectivity index (χ1v) is 9.16. The predicted octanol–water partition coefficient (Wildman–Crippen LogP) is 3.01. The van der Waals surface area contributed by atoms with Crippen molar-refractivity contribution in [1.29, 1.82) is 0 Å². The summed E-state index contributed by atoms with van der Waals surface area (Å²) >= 11 is 0. The summed E-state index contributed by atoms with van der Waals surface area (Å²) in [6, 6.07) is 9.01. The maximum atomic E-state index is 4.57. The molecule has 0 amide bonds. The Kier molecular flexibility index (Phi) is 7.86. The number of fused-ring (bicyclic) bond motifs is 1. The molecule has 0 spiro atoms. The van der Waals surface area contributed by atoms with E-state index in [1.54, 1.807) is 0 Å². The zero-order valence-electron chi connectivity index (χ0n) is 15.8. The van der Waals surface area contributed by atoms with E-state index < -0.39 is 0 Å². The molecule has 1 aromatic carbocycles. The van der Waals surface area contributed by atoms with Gasteiger partial charge in [0.25, 0.3) is 0 Å². The first-order valence-electron chi connectivity index (χ1n) is 9.16. The van der Waals surface area contributed by atoms with Crippen molar-refractivity contribution in [3.05, 3.63) is 47.0 Å². The van der Waals surface area contributed by atoms with E-state index in [0.29, 0.717) is 0 Å². The van der Waals surface area contributed by atoms with Gasteiger partial charge in [0.15, 0.2) is 5.96 Å². The van der Waals surface area contributed by atoms with E-state index in [0.717, 1.165) is 56.4 Å². The minimum absolute atomic E-state index is 0. The highest BCUT2D eigenvalue weighted by atomic mass is 127. The number of halogens is 1. The maximum Gasteiger partial charge on any atom is 0.191 e. The number of nitrogens with zero attached hydrogens (tertiary/aromatic N) is 4. The van der Waals surface area contributed by atoms with Crippen LogP contribution in [0.5, 0.6) is 0 Å². The van der Waals surface area contributed by atoms with Gasteiger partial charge in [-0.2, -0.15) is 5.10 Å². The first-order chi connectivity index (χ1) is 12.2. The SMILES string of the molecule is CCc1ccc(CCNC(=NC)NC2CCCn3nc(C)nc32)cc1.I. The third-order valence-electron chi connectivity index (χ3n) is 4.65. The van der Waals surface area contributed by atoms with E-state index in [1.165, 1.54) is 11.1 Å². The fourth-order valence-corrected chi connectivity index (χ4v) is 3.23. The fourth-order valence-electron chi connectivity index (χ4n) is 3.23. The van der Waals surface area contributed by atoms with Gasteiger partial charge in [-0.1, -0.05) is 31.2 Å². The van der Waals surface area contributed by atoms with E-state index in [4.69, 9.17) is 0 Å². The highest BCUT2D eigenvalue weighted by Gasteiger charge is 2.24. The van der Waals surface area contributed by atoms with Crippen LogP contribution in [0, 0.1) is 6.92 Å². The van der Waals surface area contributed by atoms with Crippen molar-refractivity contribution < 1.29 is 0 Å². The van der Waals surface area contributed by atoms with Crippen LogP contribution in [0.25, 0.3) is 0 Å². The van der Waals surface area contributed by atoms with Gasteiger partial charge < -0.3 is 10.6 Å². The van der Waals surface area contributed by atoms with Crippen molar-refractivity contribution in [2.45, 2.75) is 52.1 Å². The molecule has 2 N–H and O–H groups in total. The maximum absolute atomic E-state index is 4.57. The van der Waals surface area contributed by atoms with E-state index in [1.807, 2.05) is 18.7 Å². The largest absolute Gasteiger partial charge is 0.356 e. The van der Waals surface area contributed by atoms with Crippen LogP contribution < -0.4 is 10.6 Å². The summed E-state index contributed by atoms with van der Waals surface area (Å²) in [5.74, 6) is 2.67. The molecule has 0 fully saturated rings. The molecule has 1 unspecified atom stereocenters. The van der Waals surface area contributed by atoms with Crippen LogP contribution in [0.4, 0.5) is 0 Å². The lowest BCUT2D eigenvalue weighted by molar-refractivity contribution is 0.398. The number of aromatic nitrogens is 3. The highest BCUT2D eigenvalue weighted by molar-refractivity contribution is 14.0. The molecular weight excluding hydrogens is 439 g/mol. The number of aryl methyl sites for hydroxylation is 3. The molecule has 0 saturated carbocycles. The minimum Gasteiger partial charge on any atom is -0.356 e. The Balaban J connectivity index is 0.00000243. The Hall–Kier alpha value is -1.64. The van der Waals surface area contributed by atoms with Gasteiger partial charge in [0, 0.05) is 20.1 Å². The normalized spacial score (nSPS) is 16.6. The highest BCUT2D eigenvalue weighted by Crippen LogP contribution is 2.22. The predicted molar refractivity (Wildman–Crippen MR) is 116 cm³/mol. The summed E-state index contributed by atoms with van der Waals surface area (Å²) in [4.78, 5) is 8.93. The number of benzene rings is 1. The van der Waals surface area contributed by atoms with Crippen LogP contribution in [0.1, 0.15) is 48.6 Å². The van der Waals surface area contributed by atoms with Crippen LogP contribution in [-0.2, 0) is 19.4 Å². The lowest BCUT2D eigenvalue weighted by Crippen LogP contribution is -2.42. The summed E-state index contributed by atoms with van der Waals surface area (Å²) < 4.78 is 2.01. The molecule has 0 bridgehead atoms. The number of aliphatic imine (C=N–C) groups is 1. The van der Waals surface area contributed by atoms with Gasteiger partial charge in [-0.15, -0.1) is 24.0 Å². The molecule has 0 radical (unpaired) electrons. The first kappa shape index (κ1) is 20.7. The Labute approximate surface area is 172 Å². The number of guanidine groups is 1. The van der Waals surface area contributed by atoms with Gasteiger partial charge in [0.05, 0.1) is 6.04 Å². The van der Waals surface area contributed by atoms with E-state index in [2.05, 4.69) is 56.9 Å². The lowest BCUT2D eigenvalue weighted by Gasteiger charge is -2.25. The smallest absolute Gasteiger partial charge is 0.191 e. The molecule has 0 saturated heterocycles. The van der Waals surface area contributed by atoms with E-state index in [-0.39, 0.29) is 30.0 Å². The Morgan fingerprint density at radius 3 is 2.69 bits per heavy atom. The second kappa shape index (κ2) is 9.89. The summed E-state index contributed by atoms with van der Waals surface area (Å²) in [5.41, 5.74) is 2.72. The molecule has 1 aromatic heterocycles. The van der Waals surface area contributed by atoms with Gasteiger partial charge in [-0.3, -0.25) is 4.99 Å². The van der Waals surface area contributed by atoms with E-state index in [9.17, 15) is 0 Å². The molecule has 6 nitrogen and oxygen atoms in total. The molecule has 26 heavy (non-hydrogen) atoms. The topological polar surface area (TPSA) is 67.1 Å². The second-order valence-corrected chi connectivity index (χ2v) is 6.50. The zero-order chi connectivity index (χ0) is 17.6. The average Bonchev–Trinajstić information content (AvgIpc) is 3.02. The number of nitrogens with one attached hydrogen (secondary N) is 2. The molecule has 1 atom stereocenters. The van der Waals surface area contributed by atoms with Crippen LogP contribution in [0.2, 0.25) is 0 Å². The van der Waals surface area contributed by atoms with Gasteiger partial charge in [0.1, 0.15) is 11.6 Å². The Morgan fingerprint density at radius 1 is 1.27 bits per heavy atom. The Bertz CT molecular complexity index is 722. The average molecular weight is 468 g/mol. The summed E-state index contributed by atoms with van der Waals surface area (Å²) in [7, 11) is 1.81. The lowest BCUT2D eigenvalue weighted by atomic mass is 10.1. The number of hydrogen-bond donors (Lipinski definition) is 2. The minimum atomic E-state index is 0. The molecule has 0 aliphatic carbocycles. The van der Waals surface area contributed by atoms with Crippen LogP contribution in [0.3, 0.4) is 0 Å². The molecule has 1 aliphatic rings. The van der Waals surface area contributed by atoms with Crippen molar-refractivity contribution in [2.75, 3.05) is 13.6 Å². The Morgan fingerprint density at radius 2 is 2.00 bits per heavy atom. The molecule has 3 rings (SSSR count). The van der Waals surface area contributed by atoms with Gasteiger partial charge in [0.2, 0.25) is 0 Å². The van der Waals surface area contributed by atoms with Crippen LogP contribution >= 0.6 is 24.0 Å². The van der Waals surface area contributed by atoms with Crippen LogP contribution in [-0.4, -0.2) is 34.3 Å². The van der Waals surface area contributed by atoms with Crippen molar-refractivity contribution in [1.82, 2.24) is 25.4 Å². The van der Waals surface area contributed by atoms with Crippen molar-refractivity contribution >= 4 is 29.9 Å². The summed E-state index contributed by atoms with van der Waals surface area (Å²) in [6.45, 7) is 5.93. The molecular formula is C19H29IN6. The number of hydrogen-bond acceptors (Lipinski definition) is 3. The fraction of sp³-hybridized carbons (Fsp3) is 0.526. The van der Waals surface area contributed by atoms with E-state index >= 15 is 0 Å². The molecule has 142 valence electrons.